The highest BCUT2D eigenvalue weighted by Crippen LogP contribution is 2.18. The third kappa shape index (κ3) is 4.13. The topological polar surface area (TPSA) is 74.8 Å². The number of imidazole rings is 1. The summed E-state index contributed by atoms with van der Waals surface area (Å²) < 4.78 is 0. The third-order valence-corrected chi connectivity index (χ3v) is 3.82. The van der Waals surface area contributed by atoms with E-state index in [0.29, 0.717) is 11.5 Å². The highest BCUT2D eigenvalue weighted by atomic mass is 16.1. The number of nitrogens with zero attached hydrogens (tertiary/aromatic N) is 1. The molecule has 0 aliphatic heterocycles. The number of rotatable bonds is 5. The normalized spacial score (nSPS) is 10.8. The first kappa shape index (κ1) is 17.4. The number of aromatic nitrogens is 2. The summed E-state index contributed by atoms with van der Waals surface area (Å²) in [6, 6.07) is 16.9. The molecule has 130 valence electrons. The number of aryl methyl sites for hydroxylation is 1. The average Bonchev–Trinajstić information content (AvgIpc) is 3.03. The molecule has 0 atom stereocenters. The molecule has 1 aromatic heterocycles. The third-order valence-electron chi connectivity index (χ3n) is 3.82. The Kier molecular flexibility index (Phi) is 5.08. The second kappa shape index (κ2) is 7.61. The molecular weight excluding hydrogens is 326 g/mol. The van der Waals surface area contributed by atoms with Crippen molar-refractivity contribution >= 4 is 23.5 Å². The van der Waals surface area contributed by atoms with E-state index in [1.165, 1.54) is 13.0 Å². The van der Waals surface area contributed by atoms with Gasteiger partial charge in [-0.3, -0.25) is 9.59 Å². The molecular formula is C21H19N3O2. The Hall–Kier alpha value is -3.47. The zero-order chi connectivity index (χ0) is 18.5. The number of benzene rings is 2. The Morgan fingerprint density at radius 1 is 1.04 bits per heavy atom. The number of carbonyl (C=O) groups is 2. The van der Waals surface area contributed by atoms with Gasteiger partial charge in [-0.2, -0.15) is 0 Å². The first-order chi connectivity index (χ1) is 12.5. The van der Waals surface area contributed by atoms with Crippen molar-refractivity contribution in [2.75, 3.05) is 5.32 Å². The molecule has 3 aromatic rings. The van der Waals surface area contributed by atoms with Gasteiger partial charge in [0.2, 0.25) is 11.7 Å². The summed E-state index contributed by atoms with van der Waals surface area (Å²) in [4.78, 5) is 31.1. The van der Waals surface area contributed by atoms with Gasteiger partial charge in [-0.15, -0.1) is 0 Å². The monoisotopic (exact) mass is 345 g/mol. The summed E-state index contributed by atoms with van der Waals surface area (Å²) in [5, 5.41) is 2.70. The molecule has 0 saturated heterocycles. The Morgan fingerprint density at radius 3 is 2.38 bits per heavy atom. The predicted molar refractivity (Wildman–Crippen MR) is 103 cm³/mol. The van der Waals surface area contributed by atoms with Gasteiger partial charge >= 0.3 is 0 Å². The van der Waals surface area contributed by atoms with E-state index in [9.17, 15) is 9.59 Å². The summed E-state index contributed by atoms with van der Waals surface area (Å²) in [6.07, 6.45) is 3.24. The van der Waals surface area contributed by atoms with E-state index >= 15 is 0 Å². The largest absolute Gasteiger partial charge is 0.341 e. The number of allylic oxidation sites excluding steroid dienone is 1. The summed E-state index contributed by atoms with van der Waals surface area (Å²) in [5.74, 6) is 0.401. The minimum atomic E-state index is -0.160. The van der Waals surface area contributed by atoms with Gasteiger partial charge in [0.25, 0.3) is 0 Å². The fourth-order valence-corrected chi connectivity index (χ4v) is 2.56. The summed E-state index contributed by atoms with van der Waals surface area (Å²) >= 11 is 0. The van der Waals surface area contributed by atoms with Crippen molar-refractivity contribution in [3.63, 3.8) is 0 Å². The lowest BCUT2D eigenvalue weighted by atomic mass is 10.1. The molecule has 0 radical (unpaired) electrons. The Bertz CT molecular complexity index is 955. The lowest BCUT2D eigenvalue weighted by molar-refractivity contribution is -0.114. The molecule has 0 bridgehead atoms. The first-order valence-electron chi connectivity index (χ1n) is 8.25. The highest BCUT2D eigenvalue weighted by molar-refractivity contribution is 6.06. The molecule has 0 unspecified atom stereocenters. The van der Waals surface area contributed by atoms with Crippen molar-refractivity contribution in [1.29, 1.82) is 0 Å². The molecule has 0 aliphatic rings. The van der Waals surface area contributed by atoms with E-state index in [4.69, 9.17) is 0 Å². The van der Waals surface area contributed by atoms with Crippen molar-refractivity contribution in [3.8, 4) is 11.4 Å². The van der Waals surface area contributed by atoms with Crippen LogP contribution in [0, 0.1) is 6.92 Å². The van der Waals surface area contributed by atoms with Gasteiger partial charge < -0.3 is 10.3 Å². The van der Waals surface area contributed by atoms with Gasteiger partial charge in [-0.25, -0.2) is 4.98 Å². The zero-order valence-corrected chi connectivity index (χ0v) is 14.6. The van der Waals surface area contributed by atoms with E-state index in [2.05, 4.69) is 15.3 Å². The number of carbonyl (C=O) groups excluding carboxylic acids is 2. The van der Waals surface area contributed by atoms with Crippen LogP contribution in [0.2, 0.25) is 0 Å². The number of H-pyrrole nitrogens is 1. The van der Waals surface area contributed by atoms with Gasteiger partial charge in [-0.1, -0.05) is 48.5 Å². The Labute approximate surface area is 151 Å². The van der Waals surface area contributed by atoms with Crippen LogP contribution in [0.15, 0.2) is 60.7 Å². The van der Waals surface area contributed by atoms with Gasteiger partial charge in [0.05, 0.1) is 0 Å². The standard InChI is InChI=1S/C21H19N3O2/c1-14-20(24-21(22-14)17-6-4-3-5-7-17)19(26)13-10-16-8-11-18(12-9-16)23-15(2)25/h3-13H,1-2H3,(H,22,24)(H,23,25). The number of amides is 1. The van der Waals surface area contributed by atoms with E-state index in [-0.39, 0.29) is 11.7 Å². The minimum absolute atomic E-state index is 0.119. The Balaban J connectivity index is 1.75. The van der Waals surface area contributed by atoms with Crippen LogP contribution >= 0.6 is 0 Å². The Morgan fingerprint density at radius 2 is 1.73 bits per heavy atom. The average molecular weight is 345 g/mol. The van der Waals surface area contributed by atoms with Gasteiger partial charge in [0.1, 0.15) is 11.5 Å². The van der Waals surface area contributed by atoms with Crippen LogP contribution in [0.4, 0.5) is 5.69 Å². The van der Waals surface area contributed by atoms with Crippen molar-refractivity contribution < 1.29 is 9.59 Å². The van der Waals surface area contributed by atoms with Crippen LogP contribution in [0.5, 0.6) is 0 Å². The fourth-order valence-electron chi connectivity index (χ4n) is 2.56. The van der Waals surface area contributed by atoms with Crippen LogP contribution in [0.25, 0.3) is 17.5 Å². The molecule has 0 spiro atoms. The molecule has 3 rings (SSSR count). The predicted octanol–water partition coefficient (Wildman–Crippen LogP) is 4.24. The van der Waals surface area contributed by atoms with E-state index in [1.54, 1.807) is 18.2 Å². The molecule has 26 heavy (non-hydrogen) atoms. The van der Waals surface area contributed by atoms with Crippen LogP contribution in [0.1, 0.15) is 28.7 Å². The molecule has 5 nitrogen and oxygen atoms in total. The SMILES string of the molecule is CC(=O)Nc1ccc(C=CC(=O)c2nc(-c3ccccc3)[nH]c2C)cc1. The summed E-state index contributed by atoms with van der Waals surface area (Å²) in [7, 11) is 0. The van der Waals surface area contributed by atoms with Crippen LogP contribution < -0.4 is 5.32 Å². The lowest BCUT2D eigenvalue weighted by Crippen LogP contribution is -2.05. The smallest absolute Gasteiger partial charge is 0.221 e. The number of hydrogen-bond acceptors (Lipinski definition) is 3. The first-order valence-corrected chi connectivity index (χ1v) is 8.25. The van der Waals surface area contributed by atoms with Crippen molar-refractivity contribution in [2.45, 2.75) is 13.8 Å². The summed E-state index contributed by atoms with van der Waals surface area (Å²) in [5.41, 5.74) is 3.67. The molecule has 0 aliphatic carbocycles. The molecule has 0 fully saturated rings. The summed E-state index contributed by atoms with van der Waals surface area (Å²) in [6.45, 7) is 3.30. The quantitative estimate of drug-likeness (QED) is 0.536. The van der Waals surface area contributed by atoms with E-state index in [0.717, 1.165) is 22.5 Å². The molecule has 0 saturated carbocycles. The second-order valence-corrected chi connectivity index (χ2v) is 5.93. The zero-order valence-electron chi connectivity index (χ0n) is 14.6. The van der Waals surface area contributed by atoms with E-state index < -0.39 is 0 Å². The maximum atomic E-state index is 12.5. The molecule has 5 heteroatoms. The van der Waals surface area contributed by atoms with Crippen molar-refractivity contribution in [2.24, 2.45) is 0 Å². The van der Waals surface area contributed by atoms with Crippen molar-refractivity contribution in [1.82, 2.24) is 9.97 Å². The van der Waals surface area contributed by atoms with Gasteiger partial charge in [0, 0.05) is 23.9 Å². The fraction of sp³-hybridized carbons (Fsp3) is 0.0952. The molecule has 2 N–H and O–H groups in total. The van der Waals surface area contributed by atoms with Crippen LogP contribution in [-0.2, 0) is 4.79 Å². The number of aromatic amines is 1. The molecule has 1 heterocycles. The highest BCUT2D eigenvalue weighted by Gasteiger charge is 2.13. The number of nitrogens with one attached hydrogen (secondary N) is 2. The van der Waals surface area contributed by atoms with Crippen LogP contribution in [0.3, 0.4) is 0 Å². The molecule has 1 amide bonds. The lowest BCUT2D eigenvalue weighted by Gasteiger charge is -2.01. The number of ketones is 1. The van der Waals surface area contributed by atoms with Gasteiger partial charge in [0.15, 0.2) is 0 Å². The van der Waals surface area contributed by atoms with Crippen LogP contribution in [-0.4, -0.2) is 21.7 Å². The van der Waals surface area contributed by atoms with Crippen molar-refractivity contribution in [3.05, 3.63) is 77.6 Å². The number of anilines is 1. The minimum Gasteiger partial charge on any atom is -0.341 e. The maximum Gasteiger partial charge on any atom is 0.221 e. The molecule has 2 aromatic carbocycles. The maximum absolute atomic E-state index is 12.5. The second-order valence-electron chi connectivity index (χ2n) is 5.93. The van der Waals surface area contributed by atoms with Gasteiger partial charge in [-0.05, 0) is 30.7 Å². The number of hydrogen-bond donors (Lipinski definition) is 2. The van der Waals surface area contributed by atoms with E-state index in [1.807, 2.05) is 49.4 Å².